The molecule has 1 aliphatic rings. The third-order valence-corrected chi connectivity index (χ3v) is 2.76. The fraction of sp³-hybridized carbons (Fsp3) is 0.833. The molecule has 0 saturated carbocycles. The SMILES string of the molecule is CC.CC.CC1=C(C)CC(Cl)(Cl)CC1. The molecule has 1 rings (SSSR count). The highest BCUT2D eigenvalue weighted by Gasteiger charge is 2.28. The van der Waals surface area contributed by atoms with Crippen molar-refractivity contribution < 1.29 is 0 Å². The molecule has 0 N–H and O–H groups in total. The van der Waals surface area contributed by atoms with Gasteiger partial charge in [-0.1, -0.05) is 38.8 Å². The Morgan fingerprint density at radius 3 is 1.64 bits per heavy atom. The molecule has 1 aliphatic carbocycles. The van der Waals surface area contributed by atoms with Crippen molar-refractivity contribution in [3.63, 3.8) is 0 Å². The lowest BCUT2D eigenvalue weighted by atomic mass is 9.93. The van der Waals surface area contributed by atoms with Crippen molar-refractivity contribution in [3.8, 4) is 0 Å². The van der Waals surface area contributed by atoms with Gasteiger partial charge in [-0.2, -0.15) is 0 Å². The van der Waals surface area contributed by atoms with Crippen LogP contribution in [0.2, 0.25) is 0 Å². The maximum atomic E-state index is 5.96. The van der Waals surface area contributed by atoms with E-state index in [4.69, 9.17) is 23.2 Å². The standard InChI is InChI=1S/C8H12Cl2.2C2H6/c1-6-3-4-8(9,10)5-7(6)2;2*1-2/h3-5H2,1-2H3;2*1-2H3. The molecule has 0 unspecified atom stereocenters. The maximum absolute atomic E-state index is 5.96. The molecule has 0 bridgehead atoms. The van der Waals surface area contributed by atoms with E-state index in [0.717, 1.165) is 19.3 Å². The van der Waals surface area contributed by atoms with Gasteiger partial charge in [0.25, 0.3) is 0 Å². The lowest BCUT2D eigenvalue weighted by molar-refractivity contribution is 0.632. The predicted molar refractivity (Wildman–Crippen MR) is 69.4 cm³/mol. The third-order valence-electron chi connectivity index (χ3n) is 2.12. The summed E-state index contributed by atoms with van der Waals surface area (Å²) in [6.45, 7) is 12.3. The summed E-state index contributed by atoms with van der Waals surface area (Å²) in [7, 11) is 0. The van der Waals surface area contributed by atoms with Crippen molar-refractivity contribution in [3.05, 3.63) is 11.1 Å². The summed E-state index contributed by atoms with van der Waals surface area (Å²) in [5, 5.41) is 0. The molecule has 0 saturated heterocycles. The Hall–Kier alpha value is 0.320. The molecule has 0 aromatic heterocycles. The number of hydrogen-bond acceptors (Lipinski definition) is 0. The van der Waals surface area contributed by atoms with Crippen LogP contribution >= 0.6 is 23.2 Å². The van der Waals surface area contributed by atoms with E-state index in [-0.39, 0.29) is 0 Å². The van der Waals surface area contributed by atoms with E-state index >= 15 is 0 Å². The van der Waals surface area contributed by atoms with E-state index in [9.17, 15) is 0 Å². The van der Waals surface area contributed by atoms with Crippen LogP contribution in [0, 0.1) is 0 Å². The molecular formula is C12H24Cl2. The highest BCUT2D eigenvalue weighted by molar-refractivity contribution is 6.48. The van der Waals surface area contributed by atoms with E-state index in [1.54, 1.807) is 0 Å². The summed E-state index contributed by atoms with van der Waals surface area (Å²) < 4.78 is -0.483. The molecule has 0 nitrogen and oxygen atoms in total. The van der Waals surface area contributed by atoms with Crippen LogP contribution in [-0.2, 0) is 0 Å². The molecule has 86 valence electrons. The van der Waals surface area contributed by atoms with Gasteiger partial charge in [-0.3, -0.25) is 0 Å². The average Bonchev–Trinajstić information content (AvgIpc) is 2.18. The Kier molecular flexibility index (Phi) is 10.3. The van der Waals surface area contributed by atoms with Gasteiger partial charge in [0.05, 0.1) is 0 Å². The summed E-state index contributed by atoms with van der Waals surface area (Å²) in [6.07, 6.45) is 2.79. The van der Waals surface area contributed by atoms with Crippen LogP contribution in [0.25, 0.3) is 0 Å². The van der Waals surface area contributed by atoms with Gasteiger partial charge in [0.15, 0.2) is 0 Å². The van der Waals surface area contributed by atoms with E-state index in [1.807, 2.05) is 27.7 Å². The second kappa shape index (κ2) is 8.61. The van der Waals surface area contributed by atoms with Gasteiger partial charge < -0.3 is 0 Å². The monoisotopic (exact) mass is 238 g/mol. The minimum atomic E-state index is -0.483. The van der Waals surface area contributed by atoms with Crippen LogP contribution in [0.4, 0.5) is 0 Å². The maximum Gasteiger partial charge on any atom is 0.122 e. The molecule has 0 heterocycles. The number of allylic oxidation sites excluding steroid dienone is 2. The zero-order valence-corrected chi connectivity index (χ0v) is 11.9. The van der Waals surface area contributed by atoms with E-state index in [1.165, 1.54) is 11.1 Å². The molecule has 0 amide bonds. The zero-order chi connectivity index (χ0) is 11.8. The van der Waals surface area contributed by atoms with Crippen LogP contribution in [0.15, 0.2) is 11.1 Å². The lowest BCUT2D eigenvalue weighted by Crippen LogP contribution is -2.17. The summed E-state index contributed by atoms with van der Waals surface area (Å²) in [6, 6.07) is 0. The fourth-order valence-corrected chi connectivity index (χ4v) is 1.80. The molecular weight excluding hydrogens is 215 g/mol. The second-order valence-corrected chi connectivity index (χ2v) is 4.73. The smallest absolute Gasteiger partial charge is 0.101 e. The van der Waals surface area contributed by atoms with Gasteiger partial charge in [0.2, 0.25) is 0 Å². The van der Waals surface area contributed by atoms with Crippen molar-refractivity contribution in [1.29, 1.82) is 0 Å². The van der Waals surface area contributed by atoms with E-state index in [2.05, 4.69) is 13.8 Å². The quantitative estimate of drug-likeness (QED) is 0.374. The number of alkyl halides is 2. The molecule has 2 heteroatoms. The van der Waals surface area contributed by atoms with Gasteiger partial charge in [-0.15, -0.1) is 23.2 Å². The summed E-state index contributed by atoms with van der Waals surface area (Å²) in [4.78, 5) is 0. The summed E-state index contributed by atoms with van der Waals surface area (Å²) >= 11 is 11.9. The van der Waals surface area contributed by atoms with E-state index < -0.39 is 4.33 Å². The van der Waals surface area contributed by atoms with Gasteiger partial charge in [0, 0.05) is 6.42 Å². The lowest BCUT2D eigenvalue weighted by Gasteiger charge is -2.26. The van der Waals surface area contributed by atoms with Crippen molar-refractivity contribution in [2.75, 3.05) is 0 Å². The summed E-state index contributed by atoms with van der Waals surface area (Å²) in [5.74, 6) is 0. The minimum Gasteiger partial charge on any atom is -0.101 e. The number of hydrogen-bond donors (Lipinski definition) is 0. The Balaban J connectivity index is 0. The van der Waals surface area contributed by atoms with Gasteiger partial charge in [-0.25, -0.2) is 0 Å². The molecule has 0 radical (unpaired) electrons. The first kappa shape index (κ1) is 16.7. The highest BCUT2D eigenvalue weighted by atomic mass is 35.5. The van der Waals surface area contributed by atoms with Gasteiger partial charge in [-0.05, 0) is 26.7 Å². The topological polar surface area (TPSA) is 0 Å². The van der Waals surface area contributed by atoms with Gasteiger partial charge >= 0.3 is 0 Å². The first-order chi connectivity index (χ1) is 6.51. The van der Waals surface area contributed by atoms with Crippen molar-refractivity contribution >= 4 is 23.2 Å². The van der Waals surface area contributed by atoms with Gasteiger partial charge in [0.1, 0.15) is 4.33 Å². The Morgan fingerprint density at radius 2 is 1.36 bits per heavy atom. The molecule has 0 fully saturated rings. The third kappa shape index (κ3) is 6.73. The predicted octanol–water partition coefficient (Wildman–Crippen LogP) is 5.73. The average molecular weight is 239 g/mol. The van der Waals surface area contributed by atoms with Crippen molar-refractivity contribution in [2.45, 2.75) is 65.1 Å². The highest BCUT2D eigenvalue weighted by Crippen LogP contribution is 2.40. The molecule has 0 spiro atoms. The number of rotatable bonds is 0. The second-order valence-electron chi connectivity index (χ2n) is 3.09. The first-order valence-corrected chi connectivity index (χ1v) is 6.30. The first-order valence-electron chi connectivity index (χ1n) is 5.54. The largest absolute Gasteiger partial charge is 0.122 e. The Morgan fingerprint density at radius 1 is 0.929 bits per heavy atom. The molecule has 0 aromatic carbocycles. The van der Waals surface area contributed by atoms with Crippen LogP contribution < -0.4 is 0 Å². The van der Waals surface area contributed by atoms with Crippen LogP contribution in [0.5, 0.6) is 0 Å². The molecule has 0 atom stereocenters. The van der Waals surface area contributed by atoms with Crippen LogP contribution in [-0.4, -0.2) is 4.33 Å². The van der Waals surface area contributed by atoms with E-state index in [0.29, 0.717) is 0 Å². The van der Waals surface area contributed by atoms with Crippen molar-refractivity contribution in [2.24, 2.45) is 0 Å². The Bertz CT molecular complexity index is 169. The molecule has 0 aliphatic heterocycles. The van der Waals surface area contributed by atoms with Crippen LogP contribution in [0.3, 0.4) is 0 Å². The zero-order valence-electron chi connectivity index (χ0n) is 10.4. The van der Waals surface area contributed by atoms with Crippen LogP contribution in [0.1, 0.15) is 60.8 Å². The molecule has 14 heavy (non-hydrogen) atoms. The normalized spacial score (nSPS) is 18.9. The minimum absolute atomic E-state index is 0.483. The fourth-order valence-electron chi connectivity index (χ4n) is 1.21. The summed E-state index contributed by atoms with van der Waals surface area (Å²) in [5.41, 5.74) is 2.81. The molecule has 0 aromatic rings. The Labute approximate surface area is 99.7 Å². The number of halogens is 2. The van der Waals surface area contributed by atoms with Crippen molar-refractivity contribution in [1.82, 2.24) is 0 Å².